The minimum Gasteiger partial charge on any atom is -0.393 e. The number of rotatable bonds is 7. The molecule has 1 amide bonds. The molecule has 7 heteroatoms. The van der Waals surface area contributed by atoms with Crippen LogP contribution in [0.3, 0.4) is 0 Å². The number of carbonyl (C=O) groups excluding carboxylic acids is 1. The topological polar surface area (TPSA) is 92.9 Å². The summed E-state index contributed by atoms with van der Waals surface area (Å²) in [7, 11) is 0. The molecule has 0 radical (unpaired) electrons. The normalized spacial score (nSPS) is 12.7. The van der Waals surface area contributed by atoms with Crippen molar-refractivity contribution in [1.29, 1.82) is 0 Å². The fourth-order valence-electron chi connectivity index (χ4n) is 1.51. The van der Waals surface area contributed by atoms with Crippen LogP contribution in [0.25, 0.3) is 0 Å². The molecule has 0 aliphatic rings. The Balaban J connectivity index is 2.38. The van der Waals surface area contributed by atoms with Gasteiger partial charge in [0.15, 0.2) is 5.82 Å². The van der Waals surface area contributed by atoms with Crippen molar-refractivity contribution in [3.8, 4) is 0 Å². The van der Waals surface area contributed by atoms with Gasteiger partial charge in [-0.2, -0.15) is 0 Å². The highest BCUT2D eigenvalue weighted by molar-refractivity contribution is 5.75. The maximum Gasteiger partial charge on any atom is 0.241 e. The van der Waals surface area contributed by atoms with Gasteiger partial charge in [-0.3, -0.25) is 4.79 Å². The van der Waals surface area contributed by atoms with Gasteiger partial charge in [0.1, 0.15) is 6.54 Å². The summed E-state index contributed by atoms with van der Waals surface area (Å²) >= 11 is 0. The molecule has 1 rings (SSSR count). The van der Waals surface area contributed by atoms with Crippen LogP contribution in [0.1, 0.15) is 45.4 Å². The van der Waals surface area contributed by atoms with Gasteiger partial charge < -0.3 is 10.4 Å². The number of nitrogens with one attached hydrogen (secondary N) is 1. The van der Waals surface area contributed by atoms with Crippen molar-refractivity contribution in [2.45, 2.75) is 52.2 Å². The molecule has 102 valence electrons. The van der Waals surface area contributed by atoms with E-state index in [0.29, 0.717) is 25.2 Å². The highest BCUT2D eigenvalue weighted by atomic mass is 16.3. The number of carbonyl (C=O) groups is 1. The second-order valence-corrected chi connectivity index (χ2v) is 4.55. The molecular formula is C11H21N5O2. The average molecular weight is 255 g/mol. The van der Waals surface area contributed by atoms with Crippen LogP contribution in [-0.2, 0) is 11.3 Å². The molecule has 0 aromatic carbocycles. The predicted octanol–water partition coefficient (Wildman–Crippen LogP) is 0.0737. The number of amides is 1. The predicted molar refractivity (Wildman–Crippen MR) is 65.8 cm³/mol. The van der Waals surface area contributed by atoms with E-state index in [4.69, 9.17) is 0 Å². The third-order valence-electron chi connectivity index (χ3n) is 2.64. The first-order valence-corrected chi connectivity index (χ1v) is 6.25. The number of hydrogen-bond acceptors (Lipinski definition) is 5. The molecule has 0 bridgehead atoms. The average Bonchev–Trinajstić information content (AvgIpc) is 2.76. The van der Waals surface area contributed by atoms with Gasteiger partial charge in [0.05, 0.1) is 6.10 Å². The van der Waals surface area contributed by atoms with E-state index in [-0.39, 0.29) is 24.5 Å². The van der Waals surface area contributed by atoms with Crippen LogP contribution >= 0.6 is 0 Å². The highest BCUT2D eigenvalue weighted by Crippen LogP contribution is 2.08. The first kappa shape index (κ1) is 14.6. The fourth-order valence-corrected chi connectivity index (χ4v) is 1.51. The minimum atomic E-state index is -0.357. The fraction of sp³-hybridized carbons (Fsp3) is 0.818. The van der Waals surface area contributed by atoms with E-state index >= 15 is 0 Å². The highest BCUT2D eigenvalue weighted by Gasteiger charge is 2.13. The molecule has 0 spiro atoms. The number of aromatic nitrogens is 4. The zero-order chi connectivity index (χ0) is 13.5. The molecule has 1 aromatic heterocycles. The van der Waals surface area contributed by atoms with E-state index in [9.17, 15) is 9.90 Å². The summed E-state index contributed by atoms with van der Waals surface area (Å²) in [5.74, 6) is 0.723. The largest absolute Gasteiger partial charge is 0.393 e. The van der Waals surface area contributed by atoms with Crippen molar-refractivity contribution in [3.05, 3.63) is 5.82 Å². The van der Waals surface area contributed by atoms with Crippen molar-refractivity contribution in [2.24, 2.45) is 0 Å². The summed E-state index contributed by atoms with van der Waals surface area (Å²) in [4.78, 5) is 11.6. The standard InChI is InChI=1S/C11H21N5O2/c1-4-9(17)5-6-12-10(18)7-16-11(8(2)3)13-14-15-16/h8-9,17H,4-7H2,1-3H3,(H,12,18). The Hall–Kier alpha value is -1.50. The Morgan fingerprint density at radius 2 is 2.22 bits per heavy atom. The van der Waals surface area contributed by atoms with E-state index in [1.54, 1.807) is 0 Å². The Morgan fingerprint density at radius 1 is 1.50 bits per heavy atom. The molecule has 0 aliphatic carbocycles. The van der Waals surface area contributed by atoms with Crippen molar-refractivity contribution in [1.82, 2.24) is 25.5 Å². The van der Waals surface area contributed by atoms with E-state index in [2.05, 4.69) is 20.8 Å². The summed E-state index contributed by atoms with van der Waals surface area (Å²) in [5.41, 5.74) is 0. The van der Waals surface area contributed by atoms with Gasteiger partial charge in [-0.25, -0.2) is 4.68 Å². The maximum atomic E-state index is 11.6. The third kappa shape index (κ3) is 4.40. The summed E-state index contributed by atoms with van der Waals surface area (Å²) in [6, 6.07) is 0. The molecule has 1 atom stereocenters. The van der Waals surface area contributed by atoms with E-state index in [1.165, 1.54) is 4.68 Å². The van der Waals surface area contributed by atoms with Crippen molar-refractivity contribution >= 4 is 5.91 Å². The lowest BCUT2D eigenvalue weighted by atomic mass is 10.2. The van der Waals surface area contributed by atoms with Gasteiger partial charge in [-0.15, -0.1) is 5.10 Å². The maximum absolute atomic E-state index is 11.6. The van der Waals surface area contributed by atoms with E-state index in [1.807, 2.05) is 20.8 Å². The van der Waals surface area contributed by atoms with Crippen LogP contribution in [0.4, 0.5) is 0 Å². The molecule has 1 aromatic rings. The first-order chi connectivity index (χ1) is 8.54. The van der Waals surface area contributed by atoms with Crippen LogP contribution < -0.4 is 5.32 Å². The van der Waals surface area contributed by atoms with E-state index < -0.39 is 0 Å². The van der Waals surface area contributed by atoms with Gasteiger partial charge in [0, 0.05) is 12.5 Å². The van der Waals surface area contributed by atoms with Crippen LogP contribution in [-0.4, -0.2) is 43.9 Å². The third-order valence-corrected chi connectivity index (χ3v) is 2.64. The molecule has 0 aliphatic heterocycles. The van der Waals surface area contributed by atoms with Gasteiger partial charge in [0.2, 0.25) is 5.91 Å². The summed E-state index contributed by atoms with van der Waals surface area (Å²) < 4.78 is 1.50. The molecule has 1 heterocycles. The van der Waals surface area contributed by atoms with Crippen molar-refractivity contribution in [2.75, 3.05) is 6.54 Å². The molecule has 18 heavy (non-hydrogen) atoms. The Labute approximate surface area is 107 Å². The lowest BCUT2D eigenvalue weighted by Gasteiger charge is -2.10. The number of aliphatic hydroxyl groups excluding tert-OH is 1. The molecular weight excluding hydrogens is 234 g/mol. The number of aliphatic hydroxyl groups is 1. The Kier molecular flexibility index (Phi) is 5.70. The second kappa shape index (κ2) is 7.05. The van der Waals surface area contributed by atoms with Crippen molar-refractivity contribution in [3.63, 3.8) is 0 Å². The Morgan fingerprint density at radius 3 is 2.83 bits per heavy atom. The van der Waals surface area contributed by atoms with E-state index in [0.717, 1.165) is 0 Å². The first-order valence-electron chi connectivity index (χ1n) is 6.25. The van der Waals surface area contributed by atoms with Crippen molar-refractivity contribution < 1.29 is 9.90 Å². The van der Waals surface area contributed by atoms with Crippen LogP contribution in [0.2, 0.25) is 0 Å². The number of tetrazole rings is 1. The van der Waals surface area contributed by atoms with Gasteiger partial charge in [-0.05, 0) is 23.3 Å². The van der Waals surface area contributed by atoms with Gasteiger partial charge in [-0.1, -0.05) is 20.8 Å². The summed E-state index contributed by atoms with van der Waals surface area (Å²) in [6.45, 7) is 6.42. The number of nitrogens with zero attached hydrogens (tertiary/aromatic N) is 4. The van der Waals surface area contributed by atoms with Gasteiger partial charge >= 0.3 is 0 Å². The SMILES string of the molecule is CCC(O)CCNC(=O)Cn1nnnc1C(C)C. The molecule has 7 nitrogen and oxygen atoms in total. The van der Waals surface area contributed by atoms with Gasteiger partial charge in [0.25, 0.3) is 0 Å². The second-order valence-electron chi connectivity index (χ2n) is 4.55. The molecule has 2 N–H and O–H groups in total. The monoisotopic (exact) mass is 255 g/mol. The minimum absolute atomic E-state index is 0.114. The summed E-state index contributed by atoms with van der Waals surface area (Å²) in [5, 5.41) is 23.3. The molecule has 0 saturated carbocycles. The van der Waals surface area contributed by atoms with Crippen LogP contribution in [0, 0.1) is 0 Å². The van der Waals surface area contributed by atoms with Crippen LogP contribution in [0.15, 0.2) is 0 Å². The molecule has 1 unspecified atom stereocenters. The zero-order valence-electron chi connectivity index (χ0n) is 11.1. The lowest BCUT2D eigenvalue weighted by molar-refractivity contribution is -0.122. The molecule has 0 saturated heterocycles. The smallest absolute Gasteiger partial charge is 0.241 e. The lowest BCUT2D eigenvalue weighted by Crippen LogP contribution is -2.31. The quantitative estimate of drug-likeness (QED) is 0.719. The zero-order valence-corrected chi connectivity index (χ0v) is 11.1. The van der Waals surface area contributed by atoms with Crippen LogP contribution in [0.5, 0.6) is 0 Å². The molecule has 0 fully saturated rings. The number of hydrogen-bond donors (Lipinski definition) is 2. The summed E-state index contributed by atoms with van der Waals surface area (Å²) in [6.07, 6.45) is 0.902. The Bertz CT molecular complexity index is 377.